The van der Waals surface area contributed by atoms with E-state index in [2.05, 4.69) is 5.32 Å². The average Bonchev–Trinajstić information content (AvgIpc) is 1.97. The predicted molar refractivity (Wildman–Crippen MR) is 43.9 cm³/mol. The van der Waals surface area contributed by atoms with Gasteiger partial charge in [-0.1, -0.05) is 13.8 Å². The van der Waals surface area contributed by atoms with Crippen LogP contribution in [0.3, 0.4) is 0 Å². The van der Waals surface area contributed by atoms with E-state index in [0.717, 1.165) is 6.54 Å². The van der Waals surface area contributed by atoms with Gasteiger partial charge in [-0.3, -0.25) is 0 Å². The molecule has 0 aliphatic rings. The first-order valence-corrected chi connectivity index (χ1v) is 3.92. The quantitative estimate of drug-likeness (QED) is 0.609. The summed E-state index contributed by atoms with van der Waals surface area (Å²) in [6.07, 6.45) is 0.427. The van der Waals surface area contributed by atoms with E-state index in [4.69, 9.17) is 10.4 Å². The molecule has 0 heterocycles. The molecule has 0 bridgehead atoms. The topological polar surface area (TPSA) is 56.0 Å². The van der Waals surface area contributed by atoms with E-state index >= 15 is 0 Å². The zero-order chi connectivity index (χ0) is 8.69. The Morgan fingerprint density at radius 3 is 2.55 bits per heavy atom. The lowest BCUT2D eigenvalue weighted by Gasteiger charge is -2.13. The van der Waals surface area contributed by atoms with E-state index < -0.39 is 0 Å². The molecule has 3 heteroatoms. The predicted octanol–water partition coefficient (Wildman–Crippen LogP) is 0.507. The molecule has 0 aromatic rings. The molecule has 0 fully saturated rings. The minimum Gasteiger partial charge on any atom is -0.396 e. The standard InChI is InChI=1S/C8H16N2O/c1-7(2)10-5-8(6-11)3-4-9/h7-8,10-11H,3,5-6H2,1-2H3/t8-/m0/s1. The van der Waals surface area contributed by atoms with Gasteiger partial charge in [0.2, 0.25) is 0 Å². The molecule has 1 atom stereocenters. The van der Waals surface area contributed by atoms with Crippen LogP contribution in [0.1, 0.15) is 20.3 Å². The van der Waals surface area contributed by atoms with Crippen LogP contribution in [0, 0.1) is 17.2 Å². The second-order valence-electron chi connectivity index (χ2n) is 2.97. The Labute approximate surface area is 68.0 Å². The molecular formula is C8H16N2O. The highest BCUT2D eigenvalue weighted by molar-refractivity contribution is 4.77. The van der Waals surface area contributed by atoms with E-state index in [9.17, 15) is 0 Å². The van der Waals surface area contributed by atoms with Gasteiger partial charge in [0.15, 0.2) is 0 Å². The van der Waals surface area contributed by atoms with Gasteiger partial charge in [0.05, 0.1) is 6.07 Å². The van der Waals surface area contributed by atoms with Gasteiger partial charge in [-0.2, -0.15) is 5.26 Å². The molecule has 0 saturated carbocycles. The molecule has 0 aromatic carbocycles. The summed E-state index contributed by atoms with van der Waals surface area (Å²) in [5.74, 6) is 0.0856. The Morgan fingerprint density at radius 2 is 2.18 bits per heavy atom. The van der Waals surface area contributed by atoms with Crippen LogP contribution in [0.5, 0.6) is 0 Å². The summed E-state index contributed by atoms with van der Waals surface area (Å²) in [6.45, 7) is 4.90. The summed E-state index contributed by atoms with van der Waals surface area (Å²) in [5, 5.41) is 20.3. The maximum Gasteiger partial charge on any atom is 0.0626 e. The summed E-state index contributed by atoms with van der Waals surface area (Å²) in [6, 6.07) is 2.46. The number of nitrogens with zero attached hydrogens (tertiary/aromatic N) is 1. The molecule has 0 aliphatic heterocycles. The van der Waals surface area contributed by atoms with Crippen molar-refractivity contribution >= 4 is 0 Å². The SMILES string of the molecule is CC(C)NC[C@@H](CO)CC#N. The van der Waals surface area contributed by atoms with E-state index in [1.807, 2.05) is 19.9 Å². The third-order valence-electron chi connectivity index (χ3n) is 1.45. The molecule has 0 aliphatic carbocycles. The van der Waals surface area contributed by atoms with E-state index in [1.54, 1.807) is 0 Å². The maximum atomic E-state index is 8.78. The largest absolute Gasteiger partial charge is 0.396 e. The smallest absolute Gasteiger partial charge is 0.0626 e. The number of nitriles is 1. The molecule has 2 N–H and O–H groups in total. The lowest BCUT2D eigenvalue weighted by Crippen LogP contribution is -2.30. The third-order valence-corrected chi connectivity index (χ3v) is 1.45. The normalized spacial score (nSPS) is 13.0. The van der Waals surface area contributed by atoms with Gasteiger partial charge < -0.3 is 10.4 Å². The van der Waals surface area contributed by atoms with Crippen molar-refractivity contribution in [3.05, 3.63) is 0 Å². The van der Waals surface area contributed by atoms with Crippen LogP contribution in [-0.2, 0) is 0 Å². The van der Waals surface area contributed by atoms with Crippen molar-refractivity contribution in [1.29, 1.82) is 5.26 Å². The number of hydrogen-bond acceptors (Lipinski definition) is 3. The number of hydrogen-bond donors (Lipinski definition) is 2. The van der Waals surface area contributed by atoms with Crippen LogP contribution in [0.25, 0.3) is 0 Å². The van der Waals surface area contributed by atoms with Crippen molar-refractivity contribution in [1.82, 2.24) is 5.32 Å². The van der Waals surface area contributed by atoms with Crippen LogP contribution >= 0.6 is 0 Å². The molecule has 64 valence electrons. The Hall–Kier alpha value is -0.590. The summed E-state index contributed by atoms with van der Waals surface area (Å²) < 4.78 is 0. The molecule has 0 aromatic heterocycles. The van der Waals surface area contributed by atoms with Gasteiger partial charge >= 0.3 is 0 Å². The summed E-state index contributed by atoms with van der Waals surface area (Å²) >= 11 is 0. The summed E-state index contributed by atoms with van der Waals surface area (Å²) in [5.41, 5.74) is 0. The highest BCUT2D eigenvalue weighted by atomic mass is 16.3. The lowest BCUT2D eigenvalue weighted by molar-refractivity contribution is 0.222. The number of nitrogens with one attached hydrogen (secondary N) is 1. The zero-order valence-electron chi connectivity index (χ0n) is 7.17. The van der Waals surface area contributed by atoms with Gasteiger partial charge in [-0.25, -0.2) is 0 Å². The molecule has 0 rings (SSSR count). The second-order valence-corrected chi connectivity index (χ2v) is 2.97. The third kappa shape index (κ3) is 5.84. The molecule has 11 heavy (non-hydrogen) atoms. The van der Waals surface area contributed by atoms with Crippen molar-refractivity contribution in [3.63, 3.8) is 0 Å². The van der Waals surface area contributed by atoms with Crippen molar-refractivity contribution in [2.75, 3.05) is 13.2 Å². The molecule has 3 nitrogen and oxygen atoms in total. The average molecular weight is 156 g/mol. The lowest BCUT2D eigenvalue weighted by atomic mass is 10.1. The fraction of sp³-hybridized carbons (Fsp3) is 0.875. The van der Waals surface area contributed by atoms with Gasteiger partial charge in [-0.05, 0) is 0 Å². The second kappa shape index (κ2) is 6.14. The first kappa shape index (κ1) is 10.4. The Balaban J connectivity index is 3.45. The molecular weight excluding hydrogens is 140 g/mol. The Morgan fingerprint density at radius 1 is 1.55 bits per heavy atom. The number of aliphatic hydroxyl groups excluding tert-OH is 1. The maximum absolute atomic E-state index is 8.78. The zero-order valence-corrected chi connectivity index (χ0v) is 7.17. The van der Waals surface area contributed by atoms with Gasteiger partial charge in [0.25, 0.3) is 0 Å². The highest BCUT2D eigenvalue weighted by Crippen LogP contribution is 1.98. The van der Waals surface area contributed by atoms with Crippen LogP contribution in [-0.4, -0.2) is 24.3 Å². The van der Waals surface area contributed by atoms with Gasteiger partial charge in [-0.15, -0.1) is 0 Å². The molecule has 0 radical (unpaired) electrons. The highest BCUT2D eigenvalue weighted by Gasteiger charge is 2.06. The van der Waals surface area contributed by atoms with Crippen molar-refractivity contribution < 1.29 is 5.11 Å². The molecule has 0 spiro atoms. The van der Waals surface area contributed by atoms with Gasteiger partial charge in [0.1, 0.15) is 0 Å². The van der Waals surface area contributed by atoms with Crippen molar-refractivity contribution in [3.8, 4) is 6.07 Å². The minimum atomic E-state index is 0.0856. The Bertz CT molecular complexity index is 129. The first-order chi connectivity index (χ1) is 5.20. The molecule has 0 unspecified atom stereocenters. The molecule has 0 saturated heterocycles. The van der Waals surface area contributed by atoms with Crippen molar-refractivity contribution in [2.45, 2.75) is 26.3 Å². The summed E-state index contributed by atoms with van der Waals surface area (Å²) in [4.78, 5) is 0. The van der Waals surface area contributed by atoms with Crippen LogP contribution in [0.4, 0.5) is 0 Å². The van der Waals surface area contributed by atoms with Crippen LogP contribution < -0.4 is 5.32 Å². The fourth-order valence-electron chi connectivity index (χ4n) is 0.733. The number of rotatable bonds is 5. The van der Waals surface area contributed by atoms with E-state index in [0.29, 0.717) is 12.5 Å². The Kier molecular flexibility index (Phi) is 5.81. The molecule has 0 amide bonds. The fourth-order valence-corrected chi connectivity index (χ4v) is 0.733. The minimum absolute atomic E-state index is 0.0856. The van der Waals surface area contributed by atoms with Crippen LogP contribution in [0.15, 0.2) is 0 Å². The van der Waals surface area contributed by atoms with Crippen LogP contribution in [0.2, 0.25) is 0 Å². The number of aliphatic hydroxyl groups is 1. The monoisotopic (exact) mass is 156 g/mol. The van der Waals surface area contributed by atoms with Crippen molar-refractivity contribution in [2.24, 2.45) is 5.92 Å². The van der Waals surface area contributed by atoms with Gasteiger partial charge in [0, 0.05) is 31.5 Å². The van der Waals surface area contributed by atoms with E-state index in [1.165, 1.54) is 0 Å². The van der Waals surface area contributed by atoms with E-state index in [-0.39, 0.29) is 12.5 Å². The summed E-state index contributed by atoms with van der Waals surface area (Å²) in [7, 11) is 0. The first-order valence-electron chi connectivity index (χ1n) is 3.92.